The Morgan fingerprint density at radius 3 is 2.81 bits per heavy atom. The lowest BCUT2D eigenvalue weighted by molar-refractivity contribution is 0.0683. The van der Waals surface area contributed by atoms with Crippen LogP contribution in [0, 0.1) is 6.92 Å². The van der Waals surface area contributed by atoms with E-state index in [-0.39, 0.29) is 12.2 Å². The van der Waals surface area contributed by atoms with Crippen LogP contribution in [0.3, 0.4) is 0 Å². The van der Waals surface area contributed by atoms with Gasteiger partial charge in [0.25, 0.3) is 0 Å². The number of rotatable bonds is 9. The average molecular weight is 375 g/mol. The van der Waals surface area contributed by atoms with Crippen molar-refractivity contribution < 1.29 is 14.0 Å². The lowest BCUT2D eigenvalue weighted by Crippen LogP contribution is -2.41. The fourth-order valence-corrected chi connectivity index (χ4v) is 2.41. The van der Waals surface area contributed by atoms with Crippen molar-refractivity contribution in [3.8, 4) is 5.75 Å². The number of hydrogen-bond acceptors (Lipinski definition) is 6. The Balaban J connectivity index is 1.77. The van der Waals surface area contributed by atoms with Gasteiger partial charge < -0.3 is 24.6 Å². The Morgan fingerprint density at radius 2 is 2.11 bits per heavy atom. The molecular weight excluding hydrogens is 346 g/mol. The van der Waals surface area contributed by atoms with E-state index >= 15 is 0 Å². The van der Waals surface area contributed by atoms with Gasteiger partial charge in [-0.3, -0.25) is 4.99 Å². The SMILES string of the molecule is CCOC(C)c1noc(CNC(=NC)NCC(C)Oc2cccc(C)c2)n1. The lowest BCUT2D eigenvalue weighted by Gasteiger charge is -2.17. The van der Waals surface area contributed by atoms with Crippen LogP contribution in [0.25, 0.3) is 0 Å². The molecule has 8 heteroatoms. The van der Waals surface area contributed by atoms with Crippen molar-refractivity contribution in [3.05, 3.63) is 41.5 Å². The van der Waals surface area contributed by atoms with Gasteiger partial charge in [-0.1, -0.05) is 17.3 Å². The van der Waals surface area contributed by atoms with E-state index in [0.29, 0.717) is 37.4 Å². The van der Waals surface area contributed by atoms with Gasteiger partial charge in [0.05, 0.1) is 13.1 Å². The molecule has 0 saturated heterocycles. The smallest absolute Gasteiger partial charge is 0.246 e. The Bertz CT molecular complexity index is 732. The van der Waals surface area contributed by atoms with Crippen molar-refractivity contribution in [1.82, 2.24) is 20.8 Å². The minimum atomic E-state index is -0.190. The summed E-state index contributed by atoms with van der Waals surface area (Å²) in [6, 6.07) is 7.99. The average Bonchev–Trinajstić information content (AvgIpc) is 3.11. The first kappa shape index (κ1) is 20.7. The summed E-state index contributed by atoms with van der Waals surface area (Å²) >= 11 is 0. The first-order chi connectivity index (χ1) is 13.0. The molecule has 0 aliphatic carbocycles. The van der Waals surface area contributed by atoms with Crippen molar-refractivity contribution in [3.63, 3.8) is 0 Å². The summed E-state index contributed by atoms with van der Waals surface area (Å²) in [7, 11) is 1.71. The first-order valence-electron chi connectivity index (χ1n) is 9.13. The molecule has 148 valence electrons. The second kappa shape index (κ2) is 10.5. The molecule has 2 atom stereocenters. The van der Waals surface area contributed by atoms with Crippen molar-refractivity contribution in [1.29, 1.82) is 0 Å². The second-order valence-electron chi connectivity index (χ2n) is 6.20. The zero-order chi connectivity index (χ0) is 19.6. The number of aromatic nitrogens is 2. The summed E-state index contributed by atoms with van der Waals surface area (Å²) in [4.78, 5) is 8.51. The number of nitrogens with zero attached hydrogens (tertiary/aromatic N) is 3. The maximum absolute atomic E-state index is 5.91. The summed E-state index contributed by atoms with van der Waals surface area (Å²) in [5.74, 6) is 2.50. The Kier molecular flexibility index (Phi) is 8.06. The van der Waals surface area contributed by atoms with Crippen molar-refractivity contribution in [2.45, 2.75) is 46.4 Å². The van der Waals surface area contributed by atoms with Crippen LogP contribution in [0.5, 0.6) is 5.75 Å². The fraction of sp³-hybridized carbons (Fsp3) is 0.526. The number of hydrogen-bond donors (Lipinski definition) is 2. The molecule has 1 aromatic heterocycles. The highest BCUT2D eigenvalue weighted by atomic mass is 16.5. The molecule has 0 amide bonds. The zero-order valence-corrected chi connectivity index (χ0v) is 16.7. The van der Waals surface area contributed by atoms with E-state index in [0.717, 1.165) is 5.75 Å². The molecule has 2 N–H and O–H groups in total. The quantitative estimate of drug-likeness (QED) is 0.514. The van der Waals surface area contributed by atoms with Crippen molar-refractivity contribution >= 4 is 5.96 Å². The molecule has 2 rings (SSSR count). The van der Waals surface area contributed by atoms with E-state index in [2.05, 4.69) is 25.8 Å². The molecule has 0 aliphatic heterocycles. The number of nitrogens with one attached hydrogen (secondary N) is 2. The molecule has 2 aromatic rings. The Morgan fingerprint density at radius 1 is 1.30 bits per heavy atom. The number of guanidine groups is 1. The zero-order valence-electron chi connectivity index (χ0n) is 16.7. The van der Waals surface area contributed by atoms with E-state index < -0.39 is 0 Å². The van der Waals surface area contributed by atoms with Crippen LogP contribution in [0.1, 0.15) is 44.2 Å². The van der Waals surface area contributed by atoms with Crippen molar-refractivity contribution in [2.75, 3.05) is 20.2 Å². The third-order valence-electron chi connectivity index (χ3n) is 3.78. The monoisotopic (exact) mass is 375 g/mol. The van der Waals surface area contributed by atoms with Gasteiger partial charge in [0.2, 0.25) is 5.89 Å². The van der Waals surface area contributed by atoms with E-state index in [1.807, 2.05) is 52.0 Å². The van der Waals surface area contributed by atoms with Crippen LogP contribution in [0.15, 0.2) is 33.8 Å². The Hall–Kier alpha value is -2.61. The largest absolute Gasteiger partial charge is 0.489 e. The van der Waals surface area contributed by atoms with Gasteiger partial charge in [0.15, 0.2) is 11.8 Å². The van der Waals surface area contributed by atoms with Crippen LogP contribution in [-0.4, -0.2) is 42.4 Å². The third-order valence-corrected chi connectivity index (χ3v) is 3.78. The van der Waals surface area contributed by atoms with Crippen LogP contribution in [-0.2, 0) is 11.3 Å². The summed E-state index contributed by atoms with van der Waals surface area (Å²) in [6.45, 7) is 9.44. The van der Waals surface area contributed by atoms with Gasteiger partial charge in [0, 0.05) is 13.7 Å². The molecule has 0 fully saturated rings. The molecule has 0 radical (unpaired) electrons. The predicted molar refractivity (Wildman–Crippen MR) is 104 cm³/mol. The second-order valence-corrected chi connectivity index (χ2v) is 6.20. The molecule has 0 saturated carbocycles. The third kappa shape index (κ3) is 6.90. The minimum Gasteiger partial charge on any atom is -0.489 e. The molecule has 8 nitrogen and oxygen atoms in total. The van der Waals surface area contributed by atoms with E-state index in [4.69, 9.17) is 14.0 Å². The van der Waals surface area contributed by atoms with E-state index in [1.54, 1.807) is 7.05 Å². The van der Waals surface area contributed by atoms with Gasteiger partial charge in [-0.25, -0.2) is 0 Å². The molecule has 27 heavy (non-hydrogen) atoms. The van der Waals surface area contributed by atoms with Crippen molar-refractivity contribution in [2.24, 2.45) is 4.99 Å². The summed E-state index contributed by atoms with van der Waals surface area (Å²) in [5.41, 5.74) is 1.17. The molecule has 0 spiro atoms. The lowest BCUT2D eigenvalue weighted by atomic mass is 10.2. The number of aryl methyl sites for hydroxylation is 1. The van der Waals surface area contributed by atoms with Gasteiger partial charge in [-0.15, -0.1) is 0 Å². The highest BCUT2D eigenvalue weighted by Gasteiger charge is 2.14. The molecule has 1 aromatic carbocycles. The summed E-state index contributed by atoms with van der Waals surface area (Å²) < 4.78 is 16.6. The van der Waals surface area contributed by atoms with Gasteiger partial charge in [-0.05, 0) is 45.4 Å². The van der Waals surface area contributed by atoms with Gasteiger partial charge >= 0.3 is 0 Å². The topological polar surface area (TPSA) is 93.8 Å². The molecule has 0 bridgehead atoms. The van der Waals surface area contributed by atoms with Gasteiger partial charge in [0.1, 0.15) is 18.0 Å². The standard InChI is InChI=1S/C19H29N5O3/c1-6-25-15(4)18-23-17(27-24-18)12-22-19(20-5)21-11-14(3)26-16-9-7-8-13(2)10-16/h7-10,14-15H,6,11-12H2,1-5H3,(H2,20,21,22). The van der Waals surface area contributed by atoms with Crippen LogP contribution >= 0.6 is 0 Å². The highest BCUT2D eigenvalue weighted by molar-refractivity contribution is 5.79. The summed E-state index contributed by atoms with van der Waals surface area (Å²) in [6.07, 6.45) is -0.211. The fourth-order valence-electron chi connectivity index (χ4n) is 2.41. The van der Waals surface area contributed by atoms with Gasteiger partial charge in [-0.2, -0.15) is 4.98 Å². The highest BCUT2D eigenvalue weighted by Crippen LogP contribution is 2.14. The van der Waals surface area contributed by atoms with E-state index in [9.17, 15) is 0 Å². The molecular formula is C19H29N5O3. The Labute approximate surface area is 160 Å². The van der Waals surface area contributed by atoms with Crippen LogP contribution in [0.4, 0.5) is 0 Å². The minimum absolute atomic E-state index is 0.0209. The first-order valence-corrected chi connectivity index (χ1v) is 9.13. The maximum atomic E-state index is 5.91. The molecule has 1 heterocycles. The maximum Gasteiger partial charge on any atom is 0.246 e. The number of aliphatic imine (C=N–C) groups is 1. The molecule has 2 unspecified atom stereocenters. The van der Waals surface area contributed by atoms with Crippen LogP contribution < -0.4 is 15.4 Å². The molecule has 0 aliphatic rings. The van der Waals surface area contributed by atoms with Crippen LogP contribution in [0.2, 0.25) is 0 Å². The number of ether oxygens (including phenoxy) is 2. The van der Waals surface area contributed by atoms with E-state index in [1.165, 1.54) is 5.56 Å². The predicted octanol–water partition coefficient (Wildman–Crippen LogP) is 2.61. The summed E-state index contributed by atoms with van der Waals surface area (Å²) in [5, 5.41) is 10.3. The number of benzene rings is 1. The normalized spacial score (nSPS) is 13.9.